The van der Waals surface area contributed by atoms with E-state index in [2.05, 4.69) is 10.4 Å². The van der Waals surface area contributed by atoms with Crippen LogP contribution >= 0.6 is 0 Å². The van der Waals surface area contributed by atoms with Crippen LogP contribution in [0.25, 0.3) is 16.6 Å². The molecule has 0 aliphatic rings. The maximum atomic E-state index is 12.3. The van der Waals surface area contributed by atoms with Crippen molar-refractivity contribution in [2.45, 2.75) is 33.6 Å². The fourth-order valence-electron chi connectivity index (χ4n) is 3.73. The van der Waals surface area contributed by atoms with Gasteiger partial charge in [-0.1, -0.05) is 24.3 Å². The van der Waals surface area contributed by atoms with Gasteiger partial charge in [-0.2, -0.15) is 5.10 Å². The Kier molecular flexibility index (Phi) is 5.65. The molecule has 0 aliphatic carbocycles. The molecule has 4 aromatic rings. The fourth-order valence-corrected chi connectivity index (χ4v) is 3.73. The van der Waals surface area contributed by atoms with E-state index in [4.69, 9.17) is 9.72 Å². The van der Waals surface area contributed by atoms with Crippen LogP contribution in [0.2, 0.25) is 0 Å². The van der Waals surface area contributed by atoms with Crippen LogP contribution in [0.15, 0.2) is 48.5 Å². The van der Waals surface area contributed by atoms with Crippen LogP contribution in [-0.2, 0) is 11.2 Å². The third-order valence-electron chi connectivity index (χ3n) is 5.30. The highest BCUT2D eigenvalue weighted by Gasteiger charge is 2.14. The zero-order valence-corrected chi connectivity index (χ0v) is 17.6. The molecule has 0 aliphatic heterocycles. The van der Waals surface area contributed by atoms with Crippen molar-refractivity contribution < 1.29 is 9.53 Å². The standard InChI is InChI=1S/C24H26N4O2/c1-16-7-6-8-19(15-16)30-14-13-25-23(29)12-11-20-17(2)26-24-21-9-4-5-10-22(21)27-28(24)18(20)3/h4-10,15H,11-14H2,1-3H3,(H,25,29). The molecule has 6 heteroatoms. The number of carbonyl (C=O) groups excluding carboxylic acids is 1. The number of nitrogens with zero attached hydrogens (tertiary/aromatic N) is 3. The van der Waals surface area contributed by atoms with Crippen molar-refractivity contribution in [3.8, 4) is 5.75 Å². The molecule has 154 valence electrons. The van der Waals surface area contributed by atoms with Gasteiger partial charge in [-0.3, -0.25) is 4.79 Å². The molecular weight excluding hydrogens is 376 g/mol. The summed E-state index contributed by atoms with van der Waals surface area (Å²) in [4.78, 5) is 17.1. The summed E-state index contributed by atoms with van der Waals surface area (Å²) in [5.74, 6) is 0.828. The average molecular weight is 402 g/mol. The maximum absolute atomic E-state index is 12.3. The van der Waals surface area contributed by atoms with Crippen LogP contribution in [0.1, 0.15) is 28.9 Å². The lowest BCUT2D eigenvalue weighted by Gasteiger charge is -2.12. The van der Waals surface area contributed by atoms with Crippen LogP contribution in [0, 0.1) is 20.8 Å². The van der Waals surface area contributed by atoms with Crippen molar-refractivity contribution in [2.24, 2.45) is 0 Å². The molecular formula is C24H26N4O2. The van der Waals surface area contributed by atoms with E-state index in [9.17, 15) is 4.79 Å². The molecule has 0 spiro atoms. The van der Waals surface area contributed by atoms with E-state index in [1.54, 1.807) is 0 Å². The summed E-state index contributed by atoms with van der Waals surface area (Å²) in [6, 6.07) is 15.9. The lowest BCUT2D eigenvalue weighted by molar-refractivity contribution is -0.121. The second-order valence-electron chi connectivity index (χ2n) is 7.53. The molecule has 0 saturated heterocycles. The number of ether oxygens (including phenoxy) is 1. The van der Waals surface area contributed by atoms with Gasteiger partial charge in [0, 0.05) is 23.2 Å². The van der Waals surface area contributed by atoms with Gasteiger partial charge in [0.1, 0.15) is 12.4 Å². The predicted molar refractivity (Wildman–Crippen MR) is 118 cm³/mol. The monoisotopic (exact) mass is 402 g/mol. The molecule has 1 N–H and O–H groups in total. The summed E-state index contributed by atoms with van der Waals surface area (Å²) in [5, 5.41) is 8.65. The molecule has 2 heterocycles. The lowest BCUT2D eigenvalue weighted by Crippen LogP contribution is -2.28. The third-order valence-corrected chi connectivity index (χ3v) is 5.30. The van der Waals surface area contributed by atoms with Gasteiger partial charge in [-0.15, -0.1) is 0 Å². The largest absolute Gasteiger partial charge is 0.492 e. The predicted octanol–water partition coefficient (Wildman–Crippen LogP) is 3.94. The normalized spacial score (nSPS) is 11.2. The molecule has 0 bridgehead atoms. The summed E-state index contributed by atoms with van der Waals surface area (Å²) in [5.41, 5.74) is 5.99. The molecule has 0 radical (unpaired) electrons. The van der Waals surface area contributed by atoms with Gasteiger partial charge < -0.3 is 10.1 Å². The fraction of sp³-hybridized carbons (Fsp3) is 0.292. The Morgan fingerprint density at radius 1 is 1.10 bits per heavy atom. The van der Waals surface area contributed by atoms with E-state index in [0.29, 0.717) is 26.0 Å². The summed E-state index contributed by atoms with van der Waals surface area (Å²) >= 11 is 0. The van der Waals surface area contributed by atoms with Gasteiger partial charge >= 0.3 is 0 Å². The first kappa shape index (κ1) is 19.9. The van der Waals surface area contributed by atoms with Crippen LogP contribution in [0.5, 0.6) is 5.75 Å². The van der Waals surface area contributed by atoms with Crippen molar-refractivity contribution in [1.82, 2.24) is 19.9 Å². The van der Waals surface area contributed by atoms with Gasteiger partial charge in [-0.05, 0) is 62.6 Å². The van der Waals surface area contributed by atoms with Crippen molar-refractivity contribution in [3.63, 3.8) is 0 Å². The van der Waals surface area contributed by atoms with E-state index < -0.39 is 0 Å². The van der Waals surface area contributed by atoms with Crippen LogP contribution in [0.4, 0.5) is 0 Å². The molecule has 1 amide bonds. The Hall–Kier alpha value is -3.41. The minimum atomic E-state index is 0.00682. The number of hydrogen-bond donors (Lipinski definition) is 1. The first-order chi connectivity index (χ1) is 14.5. The van der Waals surface area contributed by atoms with E-state index in [1.807, 2.05) is 73.8 Å². The SMILES string of the molecule is Cc1cccc(OCCNC(=O)CCc2c(C)nc3c4ccccc4nn3c2C)c1. The third kappa shape index (κ3) is 4.13. The molecule has 30 heavy (non-hydrogen) atoms. The lowest BCUT2D eigenvalue weighted by atomic mass is 10.1. The van der Waals surface area contributed by atoms with Gasteiger partial charge in [-0.25, -0.2) is 9.50 Å². The van der Waals surface area contributed by atoms with Crippen molar-refractivity contribution >= 4 is 22.5 Å². The van der Waals surface area contributed by atoms with E-state index in [-0.39, 0.29) is 5.91 Å². The number of nitrogens with one attached hydrogen (secondary N) is 1. The van der Waals surface area contributed by atoms with Gasteiger partial charge in [0.15, 0.2) is 5.65 Å². The van der Waals surface area contributed by atoms with E-state index in [0.717, 1.165) is 44.8 Å². The molecule has 2 aromatic carbocycles. The van der Waals surface area contributed by atoms with Gasteiger partial charge in [0.25, 0.3) is 0 Å². The number of benzene rings is 2. The van der Waals surface area contributed by atoms with Crippen molar-refractivity contribution in [2.75, 3.05) is 13.2 Å². The number of hydrogen-bond acceptors (Lipinski definition) is 4. The highest BCUT2D eigenvalue weighted by molar-refractivity contribution is 5.92. The van der Waals surface area contributed by atoms with Crippen LogP contribution < -0.4 is 10.1 Å². The summed E-state index contributed by atoms with van der Waals surface area (Å²) in [6.45, 7) is 6.98. The Morgan fingerprint density at radius 2 is 1.93 bits per heavy atom. The summed E-state index contributed by atoms with van der Waals surface area (Å²) < 4.78 is 7.57. The Morgan fingerprint density at radius 3 is 2.77 bits per heavy atom. The number of aromatic nitrogens is 3. The second-order valence-corrected chi connectivity index (χ2v) is 7.53. The zero-order chi connectivity index (χ0) is 21.1. The number of fused-ring (bicyclic) bond motifs is 3. The minimum absolute atomic E-state index is 0.00682. The number of aryl methyl sites for hydroxylation is 3. The molecule has 0 unspecified atom stereocenters. The number of amides is 1. The number of rotatable bonds is 7. The van der Waals surface area contributed by atoms with Gasteiger partial charge in [0.2, 0.25) is 5.91 Å². The van der Waals surface area contributed by atoms with E-state index in [1.165, 1.54) is 0 Å². The highest BCUT2D eigenvalue weighted by atomic mass is 16.5. The first-order valence-corrected chi connectivity index (χ1v) is 10.2. The Labute approximate surface area is 175 Å². The molecule has 6 nitrogen and oxygen atoms in total. The quantitative estimate of drug-likeness (QED) is 0.476. The van der Waals surface area contributed by atoms with Crippen LogP contribution in [0.3, 0.4) is 0 Å². The maximum Gasteiger partial charge on any atom is 0.220 e. The summed E-state index contributed by atoms with van der Waals surface area (Å²) in [7, 11) is 0. The minimum Gasteiger partial charge on any atom is -0.492 e. The van der Waals surface area contributed by atoms with Crippen molar-refractivity contribution in [3.05, 3.63) is 71.0 Å². The molecule has 0 atom stereocenters. The molecule has 0 fully saturated rings. The van der Waals surface area contributed by atoms with Gasteiger partial charge in [0.05, 0.1) is 12.1 Å². The Balaban J connectivity index is 1.36. The highest BCUT2D eigenvalue weighted by Crippen LogP contribution is 2.22. The second kappa shape index (κ2) is 8.53. The topological polar surface area (TPSA) is 68.5 Å². The molecule has 2 aromatic heterocycles. The molecule has 0 saturated carbocycles. The number of carbonyl (C=O) groups is 1. The summed E-state index contributed by atoms with van der Waals surface area (Å²) in [6.07, 6.45) is 1.03. The van der Waals surface area contributed by atoms with Crippen molar-refractivity contribution in [1.29, 1.82) is 0 Å². The average Bonchev–Trinajstić information content (AvgIpc) is 3.10. The Bertz CT molecular complexity index is 1210. The molecule has 4 rings (SSSR count). The zero-order valence-electron chi connectivity index (χ0n) is 17.6. The smallest absolute Gasteiger partial charge is 0.220 e. The van der Waals surface area contributed by atoms with E-state index >= 15 is 0 Å². The first-order valence-electron chi connectivity index (χ1n) is 10.2. The van der Waals surface area contributed by atoms with Crippen LogP contribution in [-0.4, -0.2) is 33.7 Å².